The third-order valence-electron chi connectivity index (χ3n) is 4.39. The number of amides is 3. The van der Waals surface area contributed by atoms with E-state index in [1.807, 2.05) is 6.92 Å². The Labute approximate surface area is 187 Å². The van der Waals surface area contributed by atoms with Gasteiger partial charge in [0.25, 0.3) is 10.0 Å². The molecule has 3 amide bonds. The van der Waals surface area contributed by atoms with Crippen LogP contribution in [-0.4, -0.2) is 40.1 Å². The minimum absolute atomic E-state index is 0.0945. The van der Waals surface area contributed by atoms with Gasteiger partial charge in [0.1, 0.15) is 22.4 Å². The standard InChI is InChI=1S/C21H28N4O6S/c1-5-31-16-9-6-14(7-10-16)25-32(28,29)18-12-15(8-11-17(18)30-4)23-20(26)19(13(2)3)24-21(22)27/h6-13,19,25H,5H2,1-4H3,(H,23,26)(H3,22,24,27). The molecule has 2 aromatic carbocycles. The summed E-state index contributed by atoms with van der Waals surface area (Å²) in [5, 5.41) is 4.98. The molecule has 2 aromatic rings. The molecule has 0 aliphatic rings. The maximum absolute atomic E-state index is 13.0. The molecular formula is C21H28N4O6S. The van der Waals surface area contributed by atoms with Crippen molar-refractivity contribution in [3.63, 3.8) is 0 Å². The van der Waals surface area contributed by atoms with Crippen LogP contribution in [0.15, 0.2) is 47.4 Å². The lowest BCUT2D eigenvalue weighted by Crippen LogP contribution is -2.49. The van der Waals surface area contributed by atoms with Gasteiger partial charge >= 0.3 is 6.03 Å². The second-order valence-corrected chi connectivity index (χ2v) is 8.80. The highest BCUT2D eigenvalue weighted by atomic mass is 32.2. The molecule has 2 rings (SSSR count). The van der Waals surface area contributed by atoms with Gasteiger partial charge in [-0.1, -0.05) is 13.8 Å². The first-order valence-corrected chi connectivity index (χ1v) is 11.4. The SMILES string of the molecule is CCOc1ccc(NS(=O)(=O)c2cc(NC(=O)C(NC(N)=O)C(C)C)ccc2OC)cc1. The zero-order valence-electron chi connectivity index (χ0n) is 18.3. The van der Waals surface area contributed by atoms with E-state index in [-0.39, 0.29) is 22.3 Å². The van der Waals surface area contributed by atoms with Crippen LogP contribution in [0.3, 0.4) is 0 Å². The zero-order chi connectivity index (χ0) is 23.9. The van der Waals surface area contributed by atoms with E-state index in [2.05, 4.69) is 15.4 Å². The molecule has 32 heavy (non-hydrogen) atoms. The van der Waals surface area contributed by atoms with Crippen LogP contribution in [0.1, 0.15) is 20.8 Å². The quantitative estimate of drug-likeness (QED) is 0.424. The third-order valence-corrected chi connectivity index (χ3v) is 5.79. The van der Waals surface area contributed by atoms with Crippen LogP contribution < -0.4 is 30.6 Å². The summed E-state index contributed by atoms with van der Waals surface area (Å²) in [5.74, 6) is -0.0730. The van der Waals surface area contributed by atoms with Crippen LogP contribution in [0.25, 0.3) is 0 Å². The molecule has 0 radical (unpaired) electrons. The van der Waals surface area contributed by atoms with E-state index < -0.39 is 28.0 Å². The van der Waals surface area contributed by atoms with E-state index in [9.17, 15) is 18.0 Å². The van der Waals surface area contributed by atoms with Gasteiger partial charge in [0.2, 0.25) is 5.91 Å². The Kier molecular flexibility index (Phi) is 8.30. The normalized spacial score (nSPS) is 12.0. The van der Waals surface area contributed by atoms with E-state index in [1.165, 1.54) is 25.3 Å². The van der Waals surface area contributed by atoms with E-state index in [1.54, 1.807) is 38.1 Å². The molecule has 174 valence electrons. The Hall–Kier alpha value is -3.47. The minimum atomic E-state index is -4.05. The van der Waals surface area contributed by atoms with Crippen LogP contribution in [-0.2, 0) is 14.8 Å². The summed E-state index contributed by atoms with van der Waals surface area (Å²) in [6.07, 6.45) is 0. The van der Waals surface area contributed by atoms with Crippen molar-refractivity contribution in [2.24, 2.45) is 11.7 Å². The van der Waals surface area contributed by atoms with Gasteiger partial charge in [-0.15, -0.1) is 0 Å². The number of ether oxygens (including phenoxy) is 2. The molecule has 1 atom stereocenters. The molecular weight excluding hydrogens is 436 g/mol. The number of benzene rings is 2. The van der Waals surface area contributed by atoms with E-state index >= 15 is 0 Å². The zero-order valence-corrected chi connectivity index (χ0v) is 19.2. The number of carbonyl (C=O) groups is 2. The van der Waals surface area contributed by atoms with E-state index in [0.717, 1.165) is 0 Å². The first kappa shape index (κ1) is 24.8. The van der Waals surface area contributed by atoms with Gasteiger partial charge in [0.15, 0.2) is 0 Å². The minimum Gasteiger partial charge on any atom is -0.495 e. The predicted molar refractivity (Wildman–Crippen MR) is 121 cm³/mol. The summed E-state index contributed by atoms with van der Waals surface area (Å²) >= 11 is 0. The lowest BCUT2D eigenvalue weighted by molar-refractivity contribution is -0.118. The van der Waals surface area contributed by atoms with Crippen molar-refractivity contribution in [2.75, 3.05) is 23.8 Å². The molecule has 0 aliphatic heterocycles. The molecule has 0 fully saturated rings. The van der Waals surface area contributed by atoms with Gasteiger partial charge in [0, 0.05) is 11.4 Å². The summed E-state index contributed by atoms with van der Waals surface area (Å²) in [4.78, 5) is 23.6. The van der Waals surface area contributed by atoms with Crippen molar-refractivity contribution < 1.29 is 27.5 Å². The second kappa shape index (κ2) is 10.7. The smallest absolute Gasteiger partial charge is 0.312 e. The fourth-order valence-electron chi connectivity index (χ4n) is 2.87. The number of nitrogens with two attached hydrogens (primary N) is 1. The lowest BCUT2D eigenvalue weighted by atomic mass is 10.0. The molecule has 0 spiro atoms. The highest BCUT2D eigenvalue weighted by molar-refractivity contribution is 7.92. The number of nitrogens with one attached hydrogen (secondary N) is 3. The molecule has 1 unspecified atom stereocenters. The Morgan fingerprint density at radius 1 is 1.06 bits per heavy atom. The van der Waals surface area contributed by atoms with Crippen molar-refractivity contribution in [1.29, 1.82) is 0 Å². The Bertz CT molecular complexity index is 1050. The maximum Gasteiger partial charge on any atom is 0.312 e. The molecule has 0 saturated heterocycles. The van der Waals surface area contributed by atoms with Crippen LogP contribution in [0.4, 0.5) is 16.2 Å². The van der Waals surface area contributed by atoms with Gasteiger partial charge in [-0.05, 0) is 55.3 Å². The van der Waals surface area contributed by atoms with Crippen LogP contribution in [0, 0.1) is 5.92 Å². The van der Waals surface area contributed by atoms with Gasteiger partial charge in [0.05, 0.1) is 13.7 Å². The van der Waals surface area contributed by atoms with Gasteiger partial charge in [-0.2, -0.15) is 0 Å². The highest BCUT2D eigenvalue weighted by Gasteiger charge is 2.25. The first-order valence-electron chi connectivity index (χ1n) is 9.88. The molecule has 0 bridgehead atoms. The van der Waals surface area contributed by atoms with Crippen molar-refractivity contribution in [2.45, 2.75) is 31.7 Å². The molecule has 0 aliphatic carbocycles. The van der Waals surface area contributed by atoms with Crippen LogP contribution in [0.5, 0.6) is 11.5 Å². The summed E-state index contributed by atoms with van der Waals surface area (Å²) in [7, 11) is -2.71. The highest BCUT2D eigenvalue weighted by Crippen LogP contribution is 2.29. The number of methoxy groups -OCH3 is 1. The fraction of sp³-hybridized carbons (Fsp3) is 0.333. The summed E-state index contributed by atoms with van der Waals surface area (Å²) in [6.45, 7) is 5.82. The van der Waals surface area contributed by atoms with Crippen LogP contribution >= 0.6 is 0 Å². The number of sulfonamides is 1. The largest absolute Gasteiger partial charge is 0.495 e. The number of carbonyl (C=O) groups excluding carboxylic acids is 2. The van der Waals surface area contributed by atoms with Crippen molar-refractivity contribution >= 4 is 33.3 Å². The van der Waals surface area contributed by atoms with Crippen LogP contribution in [0.2, 0.25) is 0 Å². The Balaban J connectivity index is 2.29. The van der Waals surface area contributed by atoms with Crippen molar-refractivity contribution in [1.82, 2.24) is 5.32 Å². The number of urea groups is 1. The molecule has 0 aromatic heterocycles. The molecule has 0 saturated carbocycles. The average Bonchev–Trinajstić information content (AvgIpc) is 2.73. The van der Waals surface area contributed by atoms with Crippen molar-refractivity contribution in [3.8, 4) is 11.5 Å². The predicted octanol–water partition coefficient (Wildman–Crippen LogP) is 2.53. The third kappa shape index (κ3) is 6.51. The summed E-state index contributed by atoms with van der Waals surface area (Å²) in [6, 6.07) is 8.90. The van der Waals surface area contributed by atoms with Gasteiger partial charge in [-0.3, -0.25) is 9.52 Å². The number of hydrogen-bond donors (Lipinski definition) is 4. The molecule has 10 nitrogen and oxygen atoms in total. The summed E-state index contributed by atoms with van der Waals surface area (Å²) in [5.41, 5.74) is 5.68. The fourth-order valence-corrected chi connectivity index (χ4v) is 4.12. The van der Waals surface area contributed by atoms with Gasteiger partial charge in [-0.25, -0.2) is 13.2 Å². The number of hydrogen-bond acceptors (Lipinski definition) is 6. The van der Waals surface area contributed by atoms with Gasteiger partial charge < -0.3 is 25.8 Å². The molecule has 5 N–H and O–H groups in total. The number of anilines is 2. The first-order chi connectivity index (χ1) is 15.1. The Morgan fingerprint density at radius 2 is 1.69 bits per heavy atom. The summed E-state index contributed by atoms with van der Waals surface area (Å²) < 4.78 is 39.0. The average molecular weight is 465 g/mol. The number of primary amides is 1. The topological polar surface area (TPSA) is 149 Å². The Morgan fingerprint density at radius 3 is 2.22 bits per heavy atom. The number of rotatable bonds is 10. The monoisotopic (exact) mass is 464 g/mol. The second-order valence-electron chi connectivity index (χ2n) is 7.15. The van der Waals surface area contributed by atoms with Crippen molar-refractivity contribution in [3.05, 3.63) is 42.5 Å². The van der Waals surface area contributed by atoms with E-state index in [4.69, 9.17) is 15.2 Å². The maximum atomic E-state index is 13.0. The lowest BCUT2D eigenvalue weighted by Gasteiger charge is -2.21. The molecule has 11 heteroatoms. The van der Waals surface area contributed by atoms with E-state index in [0.29, 0.717) is 18.0 Å². The molecule has 0 heterocycles.